The Morgan fingerprint density at radius 2 is 2.37 bits per heavy atom. The van der Waals surface area contributed by atoms with Gasteiger partial charge in [0.25, 0.3) is 0 Å². The molecule has 10 nitrogen and oxygen atoms in total. The van der Waals surface area contributed by atoms with Crippen LogP contribution in [0.25, 0.3) is 0 Å². The lowest BCUT2D eigenvalue weighted by molar-refractivity contribution is -0.126. The van der Waals surface area contributed by atoms with Crippen molar-refractivity contribution < 1.29 is 9.90 Å². The number of amides is 1. The third-order valence-corrected chi connectivity index (χ3v) is 2.38. The minimum Gasteiger partial charge on any atom is -0.392 e. The Morgan fingerprint density at radius 1 is 1.63 bits per heavy atom. The van der Waals surface area contributed by atoms with Crippen molar-refractivity contribution in [1.82, 2.24) is 31.1 Å². The molecular formula is C9H20N8O2. The molecule has 7 N–H and O–H groups in total. The molecule has 0 radical (unpaired) electrons. The number of aromatic nitrogens is 4. The number of nitrogens with zero attached hydrogens (tertiary/aromatic N) is 4. The van der Waals surface area contributed by atoms with Crippen LogP contribution >= 0.6 is 0 Å². The van der Waals surface area contributed by atoms with Gasteiger partial charge in [0.2, 0.25) is 5.91 Å². The van der Waals surface area contributed by atoms with E-state index in [1.54, 1.807) is 7.05 Å². The first-order valence-corrected chi connectivity index (χ1v) is 5.88. The average Bonchev–Trinajstić information content (AvgIpc) is 2.80. The van der Waals surface area contributed by atoms with Crippen LogP contribution in [0.2, 0.25) is 0 Å². The Hall–Kier alpha value is -1.62. The van der Waals surface area contributed by atoms with Gasteiger partial charge in [0, 0.05) is 26.1 Å². The van der Waals surface area contributed by atoms with Crippen molar-refractivity contribution in [3.63, 3.8) is 0 Å². The summed E-state index contributed by atoms with van der Waals surface area (Å²) in [5.41, 5.74) is 13.6. The maximum atomic E-state index is 11.7. The molecule has 1 aromatic rings. The van der Waals surface area contributed by atoms with E-state index in [1.807, 2.05) is 0 Å². The fraction of sp³-hybridized carbons (Fsp3) is 0.778. The number of aliphatic hydroxyl groups is 1. The van der Waals surface area contributed by atoms with Crippen LogP contribution < -0.4 is 16.9 Å². The molecule has 0 aliphatic heterocycles. The molecule has 1 heterocycles. The number of carbonyl (C=O) groups excluding carboxylic acids is 1. The molecule has 10 heteroatoms. The molecule has 0 aliphatic carbocycles. The highest BCUT2D eigenvalue weighted by Crippen LogP contribution is 1.99. The highest BCUT2D eigenvalue weighted by atomic mass is 16.3. The Labute approximate surface area is 110 Å². The van der Waals surface area contributed by atoms with Gasteiger partial charge in [0.1, 0.15) is 0 Å². The summed E-state index contributed by atoms with van der Waals surface area (Å²) in [5.74, 6) is 0.216. The SMILES string of the molecule is CN(Cc1nn[nH]n1)NC(=O)C[C@H](N)C[C@@H](O)CN. The Bertz CT molecular complexity index is 370. The van der Waals surface area contributed by atoms with Gasteiger partial charge in [-0.05, 0) is 6.42 Å². The Balaban J connectivity index is 2.26. The molecule has 1 aromatic heterocycles. The van der Waals surface area contributed by atoms with E-state index in [9.17, 15) is 9.90 Å². The summed E-state index contributed by atoms with van der Waals surface area (Å²) in [6.45, 7) is 0.454. The molecule has 0 aromatic carbocycles. The summed E-state index contributed by atoms with van der Waals surface area (Å²) in [6.07, 6.45) is -0.286. The normalized spacial score (nSPS) is 14.4. The number of tetrazole rings is 1. The number of carbonyl (C=O) groups is 1. The summed E-state index contributed by atoms with van der Waals surface area (Å²) in [6, 6.07) is -0.433. The summed E-state index contributed by atoms with van der Waals surface area (Å²) < 4.78 is 0. The number of nitrogens with one attached hydrogen (secondary N) is 2. The largest absolute Gasteiger partial charge is 0.392 e. The van der Waals surface area contributed by atoms with E-state index in [0.717, 1.165) is 0 Å². The van der Waals surface area contributed by atoms with Gasteiger partial charge in [-0.15, -0.1) is 10.2 Å². The molecule has 19 heavy (non-hydrogen) atoms. The van der Waals surface area contributed by atoms with E-state index < -0.39 is 12.1 Å². The van der Waals surface area contributed by atoms with E-state index in [-0.39, 0.29) is 18.9 Å². The standard InChI is InChI=1S/C9H20N8O2/c1-17(5-8-12-15-16-13-8)14-9(19)3-6(11)2-7(18)4-10/h6-7,18H,2-5,10-11H2,1H3,(H,14,19)(H,12,13,15,16)/t6-,7-/m1/s1. The van der Waals surface area contributed by atoms with Crippen molar-refractivity contribution in [3.8, 4) is 0 Å². The second-order valence-corrected chi connectivity index (χ2v) is 4.31. The lowest BCUT2D eigenvalue weighted by Gasteiger charge is -2.19. The second kappa shape index (κ2) is 7.74. The van der Waals surface area contributed by atoms with Crippen molar-refractivity contribution in [1.29, 1.82) is 0 Å². The fourth-order valence-electron chi connectivity index (χ4n) is 1.53. The van der Waals surface area contributed by atoms with E-state index in [4.69, 9.17) is 11.5 Å². The van der Waals surface area contributed by atoms with Gasteiger partial charge in [-0.3, -0.25) is 10.2 Å². The minimum atomic E-state index is -0.681. The fourth-order valence-corrected chi connectivity index (χ4v) is 1.53. The first kappa shape index (κ1) is 15.4. The number of aliphatic hydroxyl groups excluding tert-OH is 1. The molecule has 0 spiro atoms. The van der Waals surface area contributed by atoms with E-state index >= 15 is 0 Å². The zero-order chi connectivity index (χ0) is 14.3. The number of aromatic amines is 1. The lowest BCUT2D eigenvalue weighted by atomic mass is 10.1. The van der Waals surface area contributed by atoms with Gasteiger partial charge >= 0.3 is 0 Å². The highest BCUT2D eigenvalue weighted by molar-refractivity contribution is 5.75. The molecule has 108 valence electrons. The van der Waals surface area contributed by atoms with Crippen LogP contribution in [0, 0.1) is 0 Å². The molecule has 0 fully saturated rings. The van der Waals surface area contributed by atoms with Crippen molar-refractivity contribution in [2.45, 2.75) is 31.5 Å². The predicted octanol–water partition coefficient (Wildman–Crippen LogP) is -2.91. The number of rotatable bonds is 8. The topological polar surface area (TPSA) is 159 Å². The maximum Gasteiger partial charge on any atom is 0.235 e. The monoisotopic (exact) mass is 272 g/mol. The van der Waals surface area contributed by atoms with E-state index in [0.29, 0.717) is 18.8 Å². The molecule has 0 unspecified atom stereocenters. The van der Waals surface area contributed by atoms with Crippen LogP contribution in [0.1, 0.15) is 18.7 Å². The van der Waals surface area contributed by atoms with Gasteiger partial charge in [0.05, 0.1) is 12.6 Å². The van der Waals surface area contributed by atoms with E-state index in [2.05, 4.69) is 26.0 Å². The van der Waals surface area contributed by atoms with Gasteiger partial charge in [-0.1, -0.05) is 5.21 Å². The van der Waals surface area contributed by atoms with Crippen LogP contribution in [-0.2, 0) is 11.3 Å². The Kier molecular flexibility index (Phi) is 6.29. The molecule has 0 bridgehead atoms. The van der Waals surface area contributed by atoms with Crippen LogP contribution in [0.15, 0.2) is 0 Å². The summed E-state index contributed by atoms with van der Waals surface area (Å²) in [4.78, 5) is 11.7. The van der Waals surface area contributed by atoms with Crippen molar-refractivity contribution in [2.75, 3.05) is 13.6 Å². The molecule has 1 amide bonds. The molecule has 0 saturated carbocycles. The minimum absolute atomic E-state index is 0.105. The van der Waals surface area contributed by atoms with Gasteiger partial charge in [-0.25, -0.2) is 5.01 Å². The highest BCUT2D eigenvalue weighted by Gasteiger charge is 2.15. The van der Waals surface area contributed by atoms with Crippen LogP contribution in [0.5, 0.6) is 0 Å². The third-order valence-electron chi connectivity index (χ3n) is 2.38. The maximum absolute atomic E-state index is 11.7. The molecule has 1 rings (SSSR count). The summed E-state index contributed by atoms with van der Waals surface area (Å²) in [7, 11) is 1.68. The molecule has 0 aliphatic rings. The molecule has 0 saturated heterocycles. The first-order valence-electron chi connectivity index (χ1n) is 5.88. The predicted molar refractivity (Wildman–Crippen MR) is 66.1 cm³/mol. The summed E-state index contributed by atoms with van der Waals surface area (Å²) >= 11 is 0. The molecule has 2 atom stereocenters. The van der Waals surface area contributed by atoms with Crippen LogP contribution in [-0.4, -0.2) is 62.4 Å². The lowest BCUT2D eigenvalue weighted by Crippen LogP contribution is -2.42. The second-order valence-electron chi connectivity index (χ2n) is 4.31. The molecular weight excluding hydrogens is 252 g/mol. The number of nitrogens with two attached hydrogens (primary N) is 2. The van der Waals surface area contributed by atoms with Crippen LogP contribution in [0.3, 0.4) is 0 Å². The third kappa shape index (κ3) is 6.20. The number of H-pyrrole nitrogens is 1. The number of hydrogen-bond donors (Lipinski definition) is 5. The number of hydrazine groups is 1. The zero-order valence-electron chi connectivity index (χ0n) is 10.8. The van der Waals surface area contributed by atoms with Gasteiger partial charge < -0.3 is 16.6 Å². The van der Waals surface area contributed by atoms with Crippen molar-refractivity contribution in [3.05, 3.63) is 5.82 Å². The smallest absolute Gasteiger partial charge is 0.235 e. The summed E-state index contributed by atoms with van der Waals surface area (Å²) in [5, 5.41) is 24.1. The van der Waals surface area contributed by atoms with Crippen LogP contribution in [0.4, 0.5) is 0 Å². The van der Waals surface area contributed by atoms with Crippen molar-refractivity contribution >= 4 is 5.91 Å². The van der Waals surface area contributed by atoms with Gasteiger partial charge in [-0.2, -0.15) is 5.21 Å². The first-order chi connectivity index (χ1) is 9.01. The number of hydrogen-bond acceptors (Lipinski definition) is 8. The van der Waals surface area contributed by atoms with Crippen molar-refractivity contribution in [2.24, 2.45) is 11.5 Å². The van der Waals surface area contributed by atoms with Gasteiger partial charge in [0.15, 0.2) is 5.82 Å². The Morgan fingerprint density at radius 3 is 2.95 bits per heavy atom. The van der Waals surface area contributed by atoms with E-state index in [1.165, 1.54) is 5.01 Å². The quantitative estimate of drug-likeness (QED) is 0.315. The average molecular weight is 272 g/mol. The zero-order valence-corrected chi connectivity index (χ0v) is 10.8.